The van der Waals surface area contributed by atoms with E-state index in [1.54, 1.807) is 19.1 Å². The third-order valence-corrected chi connectivity index (χ3v) is 6.96. The topological polar surface area (TPSA) is 105 Å². The van der Waals surface area contributed by atoms with Gasteiger partial charge in [-0.25, -0.2) is 8.42 Å². The highest BCUT2D eigenvalue weighted by Gasteiger charge is 2.26. The molecule has 2 heterocycles. The number of sulfonamides is 1. The van der Waals surface area contributed by atoms with Gasteiger partial charge < -0.3 is 15.0 Å². The summed E-state index contributed by atoms with van der Waals surface area (Å²) >= 11 is 0. The molecule has 3 rings (SSSR count). The number of ether oxygens (including phenoxy) is 1. The van der Waals surface area contributed by atoms with Crippen LogP contribution in [0.1, 0.15) is 19.8 Å². The maximum absolute atomic E-state index is 12.0. The molecule has 1 N–H and O–H groups in total. The summed E-state index contributed by atoms with van der Waals surface area (Å²) in [7, 11) is -3.18. The van der Waals surface area contributed by atoms with Crippen molar-refractivity contribution in [3.63, 3.8) is 0 Å². The van der Waals surface area contributed by atoms with Gasteiger partial charge in [0.15, 0.2) is 0 Å². The van der Waals surface area contributed by atoms with Crippen LogP contribution >= 0.6 is 0 Å². The fourth-order valence-corrected chi connectivity index (χ4v) is 4.54. The molecular weight excluding hydrogens is 372 g/mol. The molecule has 0 spiro atoms. The van der Waals surface area contributed by atoms with E-state index in [4.69, 9.17) is 4.74 Å². The molecule has 2 aliphatic heterocycles. The van der Waals surface area contributed by atoms with Crippen molar-refractivity contribution in [2.24, 2.45) is 0 Å². The summed E-state index contributed by atoms with van der Waals surface area (Å²) in [5, 5.41) is 14.5. The van der Waals surface area contributed by atoms with Crippen molar-refractivity contribution in [3.8, 4) is 0 Å². The van der Waals surface area contributed by atoms with E-state index in [0.29, 0.717) is 38.4 Å². The van der Waals surface area contributed by atoms with Crippen molar-refractivity contribution in [2.45, 2.75) is 25.9 Å². The number of rotatable bonds is 7. The molecule has 0 saturated carbocycles. The normalized spacial score (nSPS) is 21.4. The Morgan fingerprint density at radius 1 is 1.30 bits per heavy atom. The van der Waals surface area contributed by atoms with Gasteiger partial charge in [-0.15, -0.1) is 0 Å². The molecule has 10 heteroatoms. The zero-order valence-electron chi connectivity index (χ0n) is 15.5. The molecular formula is C17H26N4O5S. The molecule has 0 unspecified atom stereocenters. The van der Waals surface area contributed by atoms with Crippen molar-refractivity contribution >= 4 is 27.1 Å². The van der Waals surface area contributed by atoms with Crippen LogP contribution in [0.3, 0.4) is 0 Å². The monoisotopic (exact) mass is 398 g/mol. The number of hydrogen-bond donors (Lipinski definition) is 1. The van der Waals surface area contributed by atoms with Crippen LogP contribution in [-0.4, -0.2) is 68.8 Å². The molecule has 0 aliphatic carbocycles. The highest BCUT2D eigenvalue weighted by molar-refractivity contribution is 7.89. The Balaban J connectivity index is 1.70. The third-order valence-electron chi connectivity index (χ3n) is 5.08. The Hall–Kier alpha value is -1.91. The summed E-state index contributed by atoms with van der Waals surface area (Å²) < 4.78 is 31.1. The van der Waals surface area contributed by atoms with Gasteiger partial charge in [-0.1, -0.05) is 0 Å². The van der Waals surface area contributed by atoms with Gasteiger partial charge >= 0.3 is 0 Å². The first-order valence-corrected chi connectivity index (χ1v) is 10.9. The van der Waals surface area contributed by atoms with Crippen molar-refractivity contribution < 1.29 is 18.1 Å². The first-order valence-electron chi connectivity index (χ1n) is 9.27. The predicted octanol–water partition coefficient (Wildman–Crippen LogP) is 1.66. The van der Waals surface area contributed by atoms with Gasteiger partial charge in [-0.3, -0.25) is 10.1 Å². The van der Waals surface area contributed by atoms with E-state index in [-0.39, 0.29) is 17.5 Å². The largest absolute Gasteiger partial charge is 0.377 e. The van der Waals surface area contributed by atoms with Gasteiger partial charge in [0.05, 0.1) is 16.8 Å². The molecule has 0 aromatic heterocycles. The van der Waals surface area contributed by atoms with Crippen LogP contribution in [0.25, 0.3) is 0 Å². The standard InChI is InChI=1S/C17H26N4O5S/c1-2-27(24,25)20-9-7-19(8-10-20)14-5-6-17(21(22)23)16(12-14)18-13-15-4-3-11-26-15/h5-6,12,15,18H,2-4,7-11,13H2,1H3/t15-/m0/s1. The van der Waals surface area contributed by atoms with Crippen molar-refractivity contribution in [2.75, 3.05) is 55.3 Å². The number of piperazine rings is 1. The minimum Gasteiger partial charge on any atom is -0.377 e. The SMILES string of the molecule is CCS(=O)(=O)N1CCN(c2ccc([N+](=O)[O-])c(NC[C@@H]3CCCO3)c2)CC1. The second-order valence-corrected chi connectivity index (χ2v) is 9.02. The van der Waals surface area contributed by atoms with E-state index >= 15 is 0 Å². The quantitative estimate of drug-likeness (QED) is 0.550. The van der Waals surface area contributed by atoms with E-state index < -0.39 is 14.9 Å². The fraction of sp³-hybridized carbons (Fsp3) is 0.647. The number of anilines is 2. The molecule has 27 heavy (non-hydrogen) atoms. The Labute approximate surface area is 159 Å². The lowest BCUT2D eigenvalue weighted by atomic mass is 10.2. The number of nitrogens with one attached hydrogen (secondary N) is 1. The lowest BCUT2D eigenvalue weighted by Crippen LogP contribution is -2.49. The molecule has 0 bridgehead atoms. The molecule has 2 fully saturated rings. The fourth-order valence-electron chi connectivity index (χ4n) is 3.46. The van der Waals surface area contributed by atoms with E-state index in [9.17, 15) is 18.5 Å². The summed E-state index contributed by atoms with van der Waals surface area (Å²) in [4.78, 5) is 13.0. The number of nitro benzene ring substituents is 1. The lowest BCUT2D eigenvalue weighted by Gasteiger charge is -2.35. The Morgan fingerprint density at radius 2 is 2.04 bits per heavy atom. The minimum absolute atomic E-state index is 0.0314. The number of nitro groups is 1. The average molecular weight is 398 g/mol. The molecule has 1 aromatic rings. The molecule has 1 aromatic carbocycles. The zero-order chi connectivity index (χ0) is 19.4. The summed E-state index contributed by atoms with van der Waals surface area (Å²) in [5.74, 6) is 0.0990. The van der Waals surface area contributed by atoms with Crippen LogP contribution < -0.4 is 10.2 Å². The summed E-state index contributed by atoms with van der Waals surface area (Å²) in [5.41, 5.74) is 1.35. The van der Waals surface area contributed by atoms with Gasteiger partial charge in [0.1, 0.15) is 5.69 Å². The smallest absolute Gasteiger partial charge is 0.292 e. The minimum atomic E-state index is -3.18. The van der Waals surface area contributed by atoms with Crippen LogP contribution in [-0.2, 0) is 14.8 Å². The van der Waals surface area contributed by atoms with Gasteiger partial charge in [0.2, 0.25) is 10.0 Å². The second-order valence-electron chi connectivity index (χ2n) is 6.76. The van der Waals surface area contributed by atoms with E-state index in [2.05, 4.69) is 10.2 Å². The second kappa shape index (κ2) is 8.41. The predicted molar refractivity (Wildman–Crippen MR) is 104 cm³/mol. The average Bonchev–Trinajstić information content (AvgIpc) is 3.19. The maximum atomic E-state index is 12.0. The number of hydrogen-bond acceptors (Lipinski definition) is 7. The first-order chi connectivity index (χ1) is 12.9. The number of nitrogens with zero attached hydrogens (tertiary/aromatic N) is 3. The zero-order valence-corrected chi connectivity index (χ0v) is 16.3. The van der Waals surface area contributed by atoms with Crippen LogP contribution in [0, 0.1) is 10.1 Å². The van der Waals surface area contributed by atoms with Gasteiger partial charge in [0, 0.05) is 51.1 Å². The highest BCUT2D eigenvalue weighted by atomic mass is 32.2. The molecule has 0 radical (unpaired) electrons. The Kier molecular flexibility index (Phi) is 6.18. The molecule has 1 atom stereocenters. The molecule has 0 amide bonds. The van der Waals surface area contributed by atoms with Crippen LogP contribution in [0.15, 0.2) is 18.2 Å². The van der Waals surface area contributed by atoms with Crippen molar-refractivity contribution in [3.05, 3.63) is 28.3 Å². The molecule has 9 nitrogen and oxygen atoms in total. The summed E-state index contributed by atoms with van der Waals surface area (Å²) in [6.07, 6.45) is 2.05. The van der Waals surface area contributed by atoms with Gasteiger partial charge in [0.25, 0.3) is 5.69 Å². The molecule has 2 saturated heterocycles. The van der Waals surface area contributed by atoms with Crippen LogP contribution in [0.4, 0.5) is 17.1 Å². The summed E-state index contributed by atoms with van der Waals surface area (Å²) in [6, 6.07) is 5.00. The first kappa shape index (κ1) is 19.8. The van der Waals surface area contributed by atoms with Crippen LogP contribution in [0.5, 0.6) is 0 Å². The number of benzene rings is 1. The van der Waals surface area contributed by atoms with Gasteiger partial charge in [-0.05, 0) is 31.9 Å². The van der Waals surface area contributed by atoms with Gasteiger partial charge in [-0.2, -0.15) is 4.31 Å². The highest BCUT2D eigenvalue weighted by Crippen LogP contribution is 2.30. The molecule has 150 valence electrons. The van der Waals surface area contributed by atoms with Crippen molar-refractivity contribution in [1.82, 2.24) is 4.31 Å². The van der Waals surface area contributed by atoms with E-state index in [0.717, 1.165) is 25.1 Å². The third kappa shape index (κ3) is 4.69. The maximum Gasteiger partial charge on any atom is 0.292 e. The summed E-state index contributed by atoms with van der Waals surface area (Å²) in [6.45, 7) is 4.87. The lowest BCUT2D eigenvalue weighted by molar-refractivity contribution is -0.383. The Morgan fingerprint density at radius 3 is 2.63 bits per heavy atom. The van der Waals surface area contributed by atoms with E-state index in [1.807, 2.05) is 0 Å². The molecule has 2 aliphatic rings. The van der Waals surface area contributed by atoms with Crippen molar-refractivity contribution in [1.29, 1.82) is 0 Å². The van der Waals surface area contributed by atoms with E-state index in [1.165, 1.54) is 10.4 Å². The van der Waals surface area contributed by atoms with Crippen LogP contribution in [0.2, 0.25) is 0 Å². The Bertz CT molecular complexity index is 772.